The van der Waals surface area contributed by atoms with Crippen LogP contribution < -0.4 is 10.1 Å². The molecule has 0 fully saturated rings. The minimum absolute atomic E-state index is 0.171. The van der Waals surface area contributed by atoms with Gasteiger partial charge in [-0.15, -0.1) is 0 Å². The van der Waals surface area contributed by atoms with E-state index < -0.39 is 0 Å². The lowest BCUT2D eigenvalue weighted by molar-refractivity contribution is 0.125. The lowest BCUT2D eigenvalue weighted by Gasteiger charge is -2.18. The molecule has 1 aromatic carbocycles. The van der Waals surface area contributed by atoms with Gasteiger partial charge in [-0.3, -0.25) is 0 Å². The summed E-state index contributed by atoms with van der Waals surface area (Å²) in [5.41, 5.74) is 1.15. The number of hydrogen-bond donors (Lipinski definition) is 1. The Morgan fingerprint density at radius 2 is 2.19 bits per heavy atom. The Labute approximate surface area is 105 Å². The highest BCUT2D eigenvalue weighted by Gasteiger charge is 2.13. The first kappa shape index (κ1) is 13.5. The Balaban J connectivity index is 2.89. The van der Waals surface area contributed by atoms with Crippen LogP contribution in [0.2, 0.25) is 0 Å². The van der Waals surface area contributed by atoms with Crippen LogP contribution in [0.25, 0.3) is 0 Å². The Morgan fingerprint density at radius 3 is 2.75 bits per heavy atom. The van der Waals surface area contributed by atoms with Gasteiger partial charge in [0, 0.05) is 11.1 Å². The molecule has 0 saturated carbocycles. The molecular weight excluding hydrogens is 270 g/mol. The molecule has 1 N–H and O–H groups in total. The van der Waals surface area contributed by atoms with Gasteiger partial charge in [0.15, 0.2) is 0 Å². The maximum Gasteiger partial charge on any atom is 0.119 e. The fourth-order valence-electron chi connectivity index (χ4n) is 1.48. The minimum Gasteiger partial charge on any atom is -0.497 e. The van der Waals surface area contributed by atoms with E-state index in [1.54, 1.807) is 7.11 Å². The summed E-state index contributed by atoms with van der Waals surface area (Å²) in [4.78, 5) is 0. The van der Waals surface area contributed by atoms with Crippen molar-refractivity contribution in [3.8, 4) is 5.75 Å². The molecule has 0 aliphatic rings. The van der Waals surface area contributed by atoms with Gasteiger partial charge in [-0.05, 0) is 37.7 Å². The Morgan fingerprint density at radius 1 is 1.44 bits per heavy atom. The van der Waals surface area contributed by atoms with E-state index in [2.05, 4.69) is 21.2 Å². The van der Waals surface area contributed by atoms with Gasteiger partial charge in [-0.2, -0.15) is 0 Å². The number of ether oxygens (including phenoxy) is 2. The van der Waals surface area contributed by atoms with Crippen molar-refractivity contribution in [2.75, 3.05) is 27.4 Å². The first-order valence-corrected chi connectivity index (χ1v) is 6.10. The molecule has 0 heterocycles. The standard InChI is InChI=1S/C12H18BrNO2/c1-4-16-8-12(14-2)10-7-9(15-3)5-6-11(10)13/h5-7,12,14H,4,8H2,1-3H3. The van der Waals surface area contributed by atoms with Crippen molar-refractivity contribution in [1.29, 1.82) is 0 Å². The van der Waals surface area contributed by atoms with E-state index in [0.717, 1.165) is 22.4 Å². The second-order valence-corrected chi connectivity index (χ2v) is 4.24. The van der Waals surface area contributed by atoms with Crippen LogP contribution in [-0.2, 0) is 4.74 Å². The van der Waals surface area contributed by atoms with Crippen molar-refractivity contribution < 1.29 is 9.47 Å². The fraction of sp³-hybridized carbons (Fsp3) is 0.500. The topological polar surface area (TPSA) is 30.5 Å². The SMILES string of the molecule is CCOCC(NC)c1cc(OC)ccc1Br. The van der Waals surface area contributed by atoms with Crippen molar-refractivity contribution in [2.45, 2.75) is 13.0 Å². The number of rotatable bonds is 6. The van der Waals surface area contributed by atoms with E-state index in [-0.39, 0.29) is 6.04 Å². The highest BCUT2D eigenvalue weighted by atomic mass is 79.9. The molecule has 0 amide bonds. The zero-order valence-corrected chi connectivity index (χ0v) is 11.5. The summed E-state index contributed by atoms with van der Waals surface area (Å²) in [6.07, 6.45) is 0. The zero-order valence-electron chi connectivity index (χ0n) is 9.92. The third-order valence-electron chi connectivity index (χ3n) is 2.42. The fourth-order valence-corrected chi connectivity index (χ4v) is 2.00. The smallest absolute Gasteiger partial charge is 0.119 e. The summed E-state index contributed by atoms with van der Waals surface area (Å²) in [6.45, 7) is 3.37. The molecule has 1 aromatic rings. The highest BCUT2D eigenvalue weighted by molar-refractivity contribution is 9.10. The van der Waals surface area contributed by atoms with Crippen LogP contribution in [-0.4, -0.2) is 27.4 Å². The number of nitrogens with one attached hydrogen (secondary N) is 1. The molecule has 4 heteroatoms. The van der Waals surface area contributed by atoms with Crippen molar-refractivity contribution in [1.82, 2.24) is 5.32 Å². The van der Waals surface area contributed by atoms with Gasteiger partial charge in [0.2, 0.25) is 0 Å². The maximum absolute atomic E-state index is 5.45. The average Bonchev–Trinajstić information content (AvgIpc) is 2.32. The summed E-state index contributed by atoms with van der Waals surface area (Å²) in [5, 5.41) is 3.23. The van der Waals surface area contributed by atoms with E-state index >= 15 is 0 Å². The van der Waals surface area contributed by atoms with E-state index in [1.165, 1.54) is 0 Å². The molecule has 3 nitrogen and oxygen atoms in total. The zero-order chi connectivity index (χ0) is 12.0. The van der Waals surface area contributed by atoms with Gasteiger partial charge in [0.05, 0.1) is 19.8 Å². The lowest BCUT2D eigenvalue weighted by atomic mass is 10.1. The number of benzene rings is 1. The van der Waals surface area contributed by atoms with Crippen molar-refractivity contribution >= 4 is 15.9 Å². The molecule has 0 bridgehead atoms. The summed E-state index contributed by atoms with van der Waals surface area (Å²) >= 11 is 3.54. The molecular formula is C12H18BrNO2. The molecule has 0 aromatic heterocycles. The molecule has 0 radical (unpaired) electrons. The summed E-state index contributed by atoms with van der Waals surface area (Å²) in [6, 6.07) is 6.11. The second kappa shape index (κ2) is 6.89. The number of hydrogen-bond acceptors (Lipinski definition) is 3. The van der Waals surface area contributed by atoms with Crippen LogP contribution in [0.5, 0.6) is 5.75 Å². The van der Waals surface area contributed by atoms with E-state index in [9.17, 15) is 0 Å². The van der Waals surface area contributed by atoms with Gasteiger partial charge in [-0.25, -0.2) is 0 Å². The molecule has 1 rings (SSSR count). The Bertz CT molecular complexity index is 331. The largest absolute Gasteiger partial charge is 0.497 e. The van der Waals surface area contributed by atoms with Crippen LogP contribution in [0.3, 0.4) is 0 Å². The minimum atomic E-state index is 0.171. The number of halogens is 1. The van der Waals surface area contributed by atoms with Gasteiger partial charge in [-0.1, -0.05) is 15.9 Å². The lowest BCUT2D eigenvalue weighted by Crippen LogP contribution is -2.22. The first-order valence-electron chi connectivity index (χ1n) is 5.31. The molecule has 0 aliphatic carbocycles. The van der Waals surface area contributed by atoms with Crippen molar-refractivity contribution in [2.24, 2.45) is 0 Å². The third-order valence-corrected chi connectivity index (χ3v) is 3.14. The van der Waals surface area contributed by atoms with Crippen LogP contribution in [0.15, 0.2) is 22.7 Å². The second-order valence-electron chi connectivity index (χ2n) is 3.39. The molecule has 16 heavy (non-hydrogen) atoms. The molecule has 1 unspecified atom stereocenters. The predicted octanol–water partition coefficient (Wildman–Crippen LogP) is 2.75. The van der Waals surface area contributed by atoms with Crippen LogP contribution >= 0.6 is 15.9 Å². The van der Waals surface area contributed by atoms with Gasteiger partial charge >= 0.3 is 0 Å². The maximum atomic E-state index is 5.45. The van der Waals surface area contributed by atoms with Crippen molar-refractivity contribution in [3.63, 3.8) is 0 Å². The van der Waals surface area contributed by atoms with Crippen LogP contribution in [0.4, 0.5) is 0 Å². The molecule has 1 atom stereocenters. The molecule has 0 aliphatic heterocycles. The van der Waals surface area contributed by atoms with E-state index in [4.69, 9.17) is 9.47 Å². The van der Waals surface area contributed by atoms with Crippen LogP contribution in [0, 0.1) is 0 Å². The van der Waals surface area contributed by atoms with Crippen LogP contribution in [0.1, 0.15) is 18.5 Å². The quantitative estimate of drug-likeness (QED) is 0.873. The average molecular weight is 288 g/mol. The molecule has 0 saturated heterocycles. The van der Waals surface area contributed by atoms with Gasteiger partial charge in [0.25, 0.3) is 0 Å². The summed E-state index contributed by atoms with van der Waals surface area (Å²) < 4.78 is 11.7. The van der Waals surface area contributed by atoms with E-state index in [1.807, 2.05) is 32.2 Å². The summed E-state index contributed by atoms with van der Waals surface area (Å²) in [7, 11) is 3.60. The monoisotopic (exact) mass is 287 g/mol. The normalized spacial score (nSPS) is 12.5. The Hall–Kier alpha value is -0.580. The highest BCUT2D eigenvalue weighted by Crippen LogP contribution is 2.27. The van der Waals surface area contributed by atoms with E-state index in [0.29, 0.717) is 6.61 Å². The van der Waals surface area contributed by atoms with Crippen molar-refractivity contribution in [3.05, 3.63) is 28.2 Å². The number of likely N-dealkylation sites (N-methyl/N-ethyl adjacent to an activating group) is 1. The first-order chi connectivity index (χ1) is 7.72. The summed E-state index contributed by atoms with van der Waals surface area (Å²) in [5.74, 6) is 0.856. The van der Waals surface area contributed by atoms with Gasteiger partial charge < -0.3 is 14.8 Å². The predicted molar refractivity (Wildman–Crippen MR) is 69.0 cm³/mol. The third kappa shape index (κ3) is 3.47. The molecule has 0 spiro atoms. The van der Waals surface area contributed by atoms with Gasteiger partial charge in [0.1, 0.15) is 5.75 Å². The number of methoxy groups -OCH3 is 1. The Kier molecular flexibility index (Phi) is 5.80. The molecule has 90 valence electrons.